The van der Waals surface area contributed by atoms with Gasteiger partial charge in [0.15, 0.2) is 0 Å². The molecule has 0 aliphatic rings. The Balaban J connectivity index is 1.74. The van der Waals surface area contributed by atoms with Crippen LogP contribution >= 0.6 is 0 Å². The molecule has 154 valence electrons. The quantitative estimate of drug-likeness (QED) is 0.578. The van der Waals surface area contributed by atoms with Crippen molar-refractivity contribution in [3.63, 3.8) is 0 Å². The smallest absolute Gasteiger partial charge is 0.255 e. The minimum Gasteiger partial charge on any atom is -0.494 e. The minimum absolute atomic E-state index is 0.139. The van der Waals surface area contributed by atoms with E-state index < -0.39 is 0 Å². The first-order valence-electron chi connectivity index (χ1n) is 9.57. The first-order chi connectivity index (χ1) is 14.6. The van der Waals surface area contributed by atoms with Crippen LogP contribution in [0.1, 0.15) is 22.3 Å². The molecule has 0 heterocycles. The van der Waals surface area contributed by atoms with E-state index in [0.29, 0.717) is 41.3 Å². The van der Waals surface area contributed by atoms with Crippen molar-refractivity contribution in [1.82, 2.24) is 0 Å². The lowest BCUT2D eigenvalue weighted by Crippen LogP contribution is -2.15. The van der Waals surface area contributed by atoms with Gasteiger partial charge in [0, 0.05) is 24.1 Å². The highest BCUT2D eigenvalue weighted by Gasteiger charge is 2.16. The van der Waals surface area contributed by atoms with Crippen LogP contribution in [0.2, 0.25) is 0 Å². The van der Waals surface area contributed by atoms with Crippen LogP contribution < -0.4 is 20.1 Å². The van der Waals surface area contributed by atoms with E-state index >= 15 is 0 Å². The van der Waals surface area contributed by atoms with Crippen molar-refractivity contribution in [3.05, 3.63) is 83.9 Å². The zero-order chi connectivity index (χ0) is 21.3. The molecule has 0 radical (unpaired) electrons. The number of aryl methyl sites for hydroxylation is 1. The molecule has 30 heavy (non-hydrogen) atoms. The number of benzene rings is 3. The average Bonchev–Trinajstić information content (AvgIpc) is 2.79. The van der Waals surface area contributed by atoms with Gasteiger partial charge in [0.1, 0.15) is 11.5 Å². The van der Waals surface area contributed by atoms with Gasteiger partial charge in [-0.15, -0.1) is 0 Å². The van der Waals surface area contributed by atoms with E-state index in [0.717, 1.165) is 5.56 Å². The second-order valence-corrected chi connectivity index (χ2v) is 6.61. The average molecular weight is 404 g/mol. The molecule has 6 heteroatoms. The summed E-state index contributed by atoms with van der Waals surface area (Å²) in [4.78, 5) is 24.9. The van der Waals surface area contributed by atoms with Crippen LogP contribution in [0, 0.1) is 0 Å². The number of rotatable bonds is 8. The lowest BCUT2D eigenvalue weighted by molar-refractivity contribution is -0.116. The predicted octanol–water partition coefficient (Wildman–Crippen LogP) is 4.53. The maximum atomic E-state index is 12.5. The number of methoxy groups -OCH3 is 2. The van der Waals surface area contributed by atoms with Crippen molar-refractivity contribution in [1.29, 1.82) is 0 Å². The zero-order valence-electron chi connectivity index (χ0n) is 17.0. The lowest BCUT2D eigenvalue weighted by Gasteiger charge is -2.16. The van der Waals surface area contributed by atoms with Crippen molar-refractivity contribution in [2.24, 2.45) is 0 Å². The SMILES string of the molecule is COc1cc(NC(=O)c2ccccc2)c(OC)cc1NC(=O)CCc1ccccc1. The van der Waals surface area contributed by atoms with Gasteiger partial charge in [-0.1, -0.05) is 48.5 Å². The van der Waals surface area contributed by atoms with Crippen LogP contribution in [-0.4, -0.2) is 26.0 Å². The molecule has 3 rings (SSSR count). The number of hydrogen-bond acceptors (Lipinski definition) is 4. The predicted molar refractivity (Wildman–Crippen MR) is 117 cm³/mol. The van der Waals surface area contributed by atoms with E-state index in [1.165, 1.54) is 14.2 Å². The fraction of sp³-hybridized carbons (Fsp3) is 0.167. The molecule has 0 bridgehead atoms. The molecule has 6 nitrogen and oxygen atoms in total. The Morgan fingerprint density at radius 3 is 1.87 bits per heavy atom. The number of anilines is 2. The van der Waals surface area contributed by atoms with Gasteiger partial charge in [-0.2, -0.15) is 0 Å². The number of hydrogen-bond donors (Lipinski definition) is 2. The molecule has 0 aliphatic carbocycles. The molecular formula is C24H24N2O4. The molecule has 0 atom stereocenters. The van der Waals surface area contributed by atoms with Crippen LogP contribution in [0.4, 0.5) is 11.4 Å². The van der Waals surface area contributed by atoms with E-state index in [4.69, 9.17) is 9.47 Å². The van der Waals surface area contributed by atoms with Crippen LogP contribution in [0.5, 0.6) is 11.5 Å². The van der Waals surface area contributed by atoms with Gasteiger partial charge in [0.25, 0.3) is 5.91 Å². The fourth-order valence-corrected chi connectivity index (χ4v) is 2.99. The highest BCUT2D eigenvalue weighted by atomic mass is 16.5. The molecule has 2 amide bonds. The van der Waals surface area contributed by atoms with Gasteiger partial charge < -0.3 is 20.1 Å². The monoisotopic (exact) mass is 404 g/mol. The number of amides is 2. The Morgan fingerprint density at radius 1 is 0.767 bits per heavy atom. The third-order valence-electron chi connectivity index (χ3n) is 4.56. The van der Waals surface area contributed by atoms with Crippen molar-refractivity contribution in [2.75, 3.05) is 24.9 Å². The molecule has 3 aromatic carbocycles. The van der Waals surface area contributed by atoms with Gasteiger partial charge in [-0.05, 0) is 24.1 Å². The van der Waals surface area contributed by atoms with E-state index in [1.54, 1.807) is 36.4 Å². The van der Waals surface area contributed by atoms with Crippen molar-refractivity contribution >= 4 is 23.2 Å². The van der Waals surface area contributed by atoms with Crippen LogP contribution in [0.3, 0.4) is 0 Å². The molecule has 0 saturated heterocycles. The summed E-state index contributed by atoms with van der Waals surface area (Å²) in [6, 6.07) is 22.0. The molecule has 0 aliphatic heterocycles. The third-order valence-corrected chi connectivity index (χ3v) is 4.56. The molecular weight excluding hydrogens is 380 g/mol. The molecule has 0 spiro atoms. The molecule has 0 saturated carbocycles. The molecule has 3 aromatic rings. The highest BCUT2D eigenvalue weighted by Crippen LogP contribution is 2.36. The lowest BCUT2D eigenvalue weighted by atomic mass is 10.1. The number of carbonyl (C=O) groups is 2. The van der Waals surface area contributed by atoms with Gasteiger partial charge in [-0.3, -0.25) is 9.59 Å². The fourth-order valence-electron chi connectivity index (χ4n) is 2.99. The van der Waals surface area contributed by atoms with Gasteiger partial charge in [0.05, 0.1) is 25.6 Å². The second kappa shape index (κ2) is 10.1. The summed E-state index contributed by atoms with van der Waals surface area (Å²) in [5.41, 5.74) is 2.54. The topological polar surface area (TPSA) is 76.7 Å². The number of nitrogens with one attached hydrogen (secondary N) is 2. The van der Waals surface area contributed by atoms with Gasteiger partial charge in [-0.25, -0.2) is 0 Å². The van der Waals surface area contributed by atoms with E-state index in [2.05, 4.69) is 10.6 Å². The summed E-state index contributed by atoms with van der Waals surface area (Å²) < 4.78 is 10.8. The summed E-state index contributed by atoms with van der Waals surface area (Å²) in [6.07, 6.45) is 0.972. The summed E-state index contributed by atoms with van der Waals surface area (Å²) in [5, 5.41) is 5.69. The molecule has 0 unspecified atom stereocenters. The van der Waals surface area contributed by atoms with Crippen molar-refractivity contribution < 1.29 is 19.1 Å². The van der Waals surface area contributed by atoms with E-state index in [1.807, 2.05) is 36.4 Å². The Hall–Kier alpha value is -3.80. The first-order valence-corrected chi connectivity index (χ1v) is 9.57. The molecule has 0 fully saturated rings. The standard InChI is InChI=1S/C24H24N2O4/c1-29-21-16-20(26-24(28)18-11-7-4-8-12-18)22(30-2)15-19(21)25-23(27)14-13-17-9-5-3-6-10-17/h3-12,15-16H,13-14H2,1-2H3,(H,25,27)(H,26,28). The first kappa shape index (κ1) is 20.9. The molecule has 2 N–H and O–H groups in total. The van der Waals surface area contributed by atoms with Crippen LogP contribution in [-0.2, 0) is 11.2 Å². The Morgan fingerprint density at radius 2 is 1.30 bits per heavy atom. The van der Waals surface area contributed by atoms with Gasteiger partial charge >= 0.3 is 0 Å². The molecule has 0 aromatic heterocycles. The van der Waals surface area contributed by atoms with Crippen molar-refractivity contribution in [3.8, 4) is 11.5 Å². The maximum absolute atomic E-state index is 12.5. The number of ether oxygens (including phenoxy) is 2. The van der Waals surface area contributed by atoms with Crippen molar-refractivity contribution in [2.45, 2.75) is 12.8 Å². The highest BCUT2D eigenvalue weighted by molar-refractivity contribution is 6.05. The largest absolute Gasteiger partial charge is 0.494 e. The zero-order valence-corrected chi connectivity index (χ0v) is 17.0. The van der Waals surface area contributed by atoms with E-state index in [9.17, 15) is 9.59 Å². The van der Waals surface area contributed by atoms with Gasteiger partial charge in [0.2, 0.25) is 5.91 Å². The Labute approximate surface area is 175 Å². The summed E-state index contributed by atoms with van der Waals surface area (Å²) in [7, 11) is 3.01. The van der Waals surface area contributed by atoms with E-state index in [-0.39, 0.29) is 11.8 Å². The van der Waals surface area contributed by atoms with Crippen LogP contribution in [0.25, 0.3) is 0 Å². The Kier molecular flexibility index (Phi) is 7.05. The normalized spacial score (nSPS) is 10.2. The minimum atomic E-state index is -0.268. The summed E-state index contributed by atoms with van der Waals surface area (Å²) in [6.45, 7) is 0. The number of carbonyl (C=O) groups excluding carboxylic acids is 2. The maximum Gasteiger partial charge on any atom is 0.255 e. The summed E-state index contributed by atoms with van der Waals surface area (Å²) in [5.74, 6) is 0.432. The Bertz CT molecular complexity index is 1000. The van der Waals surface area contributed by atoms with Crippen LogP contribution in [0.15, 0.2) is 72.8 Å². The summed E-state index contributed by atoms with van der Waals surface area (Å²) >= 11 is 0. The third kappa shape index (κ3) is 5.38. The second-order valence-electron chi connectivity index (χ2n) is 6.61.